The van der Waals surface area contributed by atoms with Crippen molar-refractivity contribution in [3.8, 4) is 17.2 Å². The molecule has 9 nitrogen and oxygen atoms in total. The minimum absolute atomic E-state index is 0.219. The molecule has 1 aliphatic heterocycles. The van der Waals surface area contributed by atoms with E-state index in [1.165, 1.54) is 71.3 Å². The van der Waals surface area contributed by atoms with E-state index in [9.17, 15) is 24.3 Å². The van der Waals surface area contributed by atoms with Crippen molar-refractivity contribution in [3.63, 3.8) is 0 Å². The molecule has 0 spiro atoms. The number of carbonyl (C=O) groups is 4. The van der Waals surface area contributed by atoms with Gasteiger partial charge in [0.1, 0.15) is 11.5 Å². The molecule has 4 atom stereocenters. The van der Waals surface area contributed by atoms with Crippen molar-refractivity contribution >= 4 is 35.1 Å². The second-order valence-corrected chi connectivity index (χ2v) is 12.3. The van der Waals surface area contributed by atoms with E-state index in [0.717, 1.165) is 23.5 Å². The van der Waals surface area contributed by atoms with Gasteiger partial charge in [0.25, 0.3) is 0 Å². The molecule has 246 valence electrons. The van der Waals surface area contributed by atoms with Crippen molar-refractivity contribution in [2.24, 2.45) is 23.7 Å². The van der Waals surface area contributed by atoms with Crippen LogP contribution in [0.25, 0.3) is 0 Å². The summed E-state index contributed by atoms with van der Waals surface area (Å²) in [6.07, 6.45) is 12.6. The standard InChI is InChI=1S/C36H50N2O7/c1-6-7-8-9-10-11-12-13-14-15-22-44-29-17-19-30(20-18-29)45-32-21-16-28(38-34(40)25(3)26(4)35(38)41)23-31(32)37-33(39)24(2)27(5)36(42)43/h16-21,23-27H,6-15,22H2,1-5H3,(H,37,39)(H,42,43). The lowest BCUT2D eigenvalue weighted by Crippen LogP contribution is -2.31. The number of ether oxygens (including phenoxy) is 2. The number of aliphatic carboxylic acids is 1. The van der Waals surface area contributed by atoms with E-state index in [4.69, 9.17) is 9.47 Å². The SMILES string of the molecule is CCCCCCCCCCCCOc1ccc(Oc2ccc(N3C(=O)C(C)C(C)C3=O)cc2NC(=O)C(C)C(C)C(=O)O)cc1. The largest absolute Gasteiger partial charge is 0.494 e. The molecule has 0 aromatic heterocycles. The van der Waals surface area contributed by atoms with Crippen LogP contribution in [-0.4, -0.2) is 35.4 Å². The molecule has 1 fully saturated rings. The number of amides is 3. The maximum absolute atomic E-state index is 13.0. The van der Waals surface area contributed by atoms with Crippen molar-refractivity contribution in [1.29, 1.82) is 0 Å². The van der Waals surface area contributed by atoms with Crippen LogP contribution in [0.4, 0.5) is 11.4 Å². The summed E-state index contributed by atoms with van der Waals surface area (Å²) in [7, 11) is 0. The third kappa shape index (κ3) is 10.1. The molecule has 3 amide bonds. The first-order valence-electron chi connectivity index (χ1n) is 16.5. The fourth-order valence-corrected chi connectivity index (χ4v) is 5.24. The Hall–Kier alpha value is -3.88. The summed E-state index contributed by atoms with van der Waals surface area (Å²) < 4.78 is 12.0. The summed E-state index contributed by atoms with van der Waals surface area (Å²) in [4.78, 5) is 51.3. The van der Waals surface area contributed by atoms with Gasteiger partial charge in [-0.1, -0.05) is 92.4 Å². The van der Waals surface area contributed by atoms with E-state index in [1.54, 1.807) is 38.1 Å². The number of carbonyl (C=O) groups excluding carboxylic acids is 3. The molecule has 2 aromatic rings. The summed E-state index contributed by atoms with van der Waals surface area (Å²) in [5.74, 6) is -3.45. The highest BCUT2D eigenvalue weighted by molar-refractivity contribution is 6.22. The molecular formula is C36H50N2O7. The average molecular weight is 623 g/mol. The number of hydrogen-bond donors (Lipinski definition) is 2. The van der Waals surface area contributed by atoms with Crippen LogP contribution in [0.5, 0.6) is 17.2 Å². The number of unbranched alkanes of at least 4 members (excludes halogenated alkanes) is 9. The Balaban J connectivity index is 1.62. The quantitative estimate of drug-likeness (QED) is 0.120. The second-order valence-electron chi connectivity index (χ2n) is 12.3. The van der Waals surface area contributed by atoms with Gasteiger partial charge in [-0.3, -0.25) is 19.2 Å². The number of carboxylic acid groups (broad SMARTS) is 1. The van der Waals surface area contributed by atoms with E-state index in [0.29, 0.717) is 18.0 Å². The van der Waals surface area contributed by atoms with E-state index in [2.05, 4.69) is 12.2 Å². The zero-order valence-electron chi connectivity index (χ0n) is 27.5. The van der Waals surface area contributed by atoms with Crippen molar-refractivity contribution in [2.45, 2.75) is 98.8 Å². The lowest BCUT2D eigenvalue weighted by molar-refractivity contribution is -0.145. The van der Waals surface area contributed by atoms with Crippen molar-refractivity contribution < 1.29 is 33.8 Å². The number of rotatable bonds is 19. The molecule has 0 saturated carbocycles. The van der Waals surface area contributed by atoms with Gasteiger partial charge in [0.05, 0.1) is 23.9 Å². The average Bonchev–Trinajstić information content (AvgIpc) is 3.22. The molecule has 9 heteroatoms. The summed E-state index contributed by atoms with van der Waals surface area (Å²) >= 11 is 0. The number of imide groups is 1. The smallest absolute Gasteiger partial charge is 0.307 e. The highest BCUT2D eigenvalue weighted by Crippen LogP contribution is 2.37. The maximum Gasteiger partial charge on any atom is 0.307 e. The first-order chi connectivity index (χ1) is 21.5. The van der Waals surface area contributed by atoms with Gasteiger partial charge >= 0.3 is 5.97 Å². The first kappa shape index (κ1) is 35.6. The van der Waals surface area contributed by atoms with E-state index in [1.807, 2.05) is 12.1 Å². The molecule has 4 unspecified atom stereocenters. The van der Waals surface area contributed by atoms with Crippen molar-refractivity contribution in [3.05, 3.63) is 42.5 Å². The minimum atomic E-state index is -1.09. The molecule has 45 heavy (non-hydrogen) atoms. The molecule has 2 aromatic carbocycles. The van der Waals surface area contributed by atoms with Crippen LogP contribution in [0.1, 0.15) is 98.8 Å². The van der Waals surface area contributed by atoms with E-state index < -0.39 is 35.5 Å². The van der Waals surface area contributed by atoms with Gasteiger partial charge in [-0.25, -0.2) is 4.90 Å². The molecular weight excluding hydrogens is 572 g/mol. The van der Waals surface area contributed by atoms with Gasteiger partial charge in [-0.05, 0) is 48.9 Å². The van der Waals surface area contributed by atoms with Gasteiger partial charge in [0.2, 0.25) is 17.7 Å². The Morgan fingerprint density at radius 1 is 0.800 bits per heavy atom. The topological polar surface area (TPSA) is 122 Å². The normalized spacial score (nSPS) is 17.7. The highest BCUT2D eigenvalue weighted by Gasteiger charge is 2.43. The summed E-state index contributed by atoms with van der Waals surface area (Å²) in [5.41, 5.74) is 0.523. The number of anilines is 2. The lowest BCUT2D eigenvalue weighted by atomic mass is 9.95. The van der Waals surface area contributed by atoms with Crippen LogP contribution in [0.2, 0.25) is 0 Å². The number of carboxylic acids is 1. The lowest BCUT2D eigenvalue weighted by Gasteiger charge is -2.21. The zero-order chi connectivity index (χ0) is 32.9. The molecule has 0 radical (unpaired) electrons. The van der Waals surface area contributed by atoms with Gasteiger partial charge in [-0.15, -0.1) is 0 Å². The predicted octanol–water partition coefficient (Wildman–Crippen LogP) is 8.22. The van der Waals surface area contributed by atoms with Crippen LogP contribution in [0, 0.1) is 23.7 Å². The molecule has 2 N–H and O–H groups in total. The number of hydrogen-bond acceptors (Lipinski definition) is 6. The van der Waals surface area contributed by atoms with Crippen LogP contribution in [-0.2, 0) is 19.2 Å². The first-order valence-corrected chi connectivity index (χ1v) is 16.5. The molecule has 1 saturated heterocycles. The third-order valence-corrected chi connectivity index (χ3v) is 8.82. The molecule has 0 bridgehead atoms. The van der Waals surface area contributed by atoms with E-state index in [-0.39, 0.29) is 23.3 Å². The third-order valence-electron chi connectivity index (χ3n) is 8.82. The van der Waals surface area contributed by atoms with Gasteiger partial charge in [0.15, 0.2) is 5.75 Å². The number of nitrogens with zero attached hydrogens (tertiary/aromatic N) is 1. The minimum Gasteiger partial charge on any atom is -0.494 e. The van der Waals surface area contributed by atoms with Crippen molar-refractivity contribution in [2.75, 3.05) is 16.8 Å². The summed E-state index contributed by atoms with van der Waals surface area (Å²) in [6.45, 7) is 9.31. The summed E-state index contributed by atoms with van der Waals surface area (Å²) in [5, 5.41) is 12.1. The summed E-state index contributed by atoms with van der Waals surface area (Å²) in [6, 6.07) is 11.9. The Morgan fingerprint density at radius 2 is 1.33 bits per heavy atom. The maximum atomic E-state index is 13.0. The van der Waals surface area contributed by atoms with Gasteiger partial charge in [-0.2, -0.15) is 0 Å². The van der Waals surface area contributed by atoms with Gasteiger partial charge in [0, 0.05) is 17.8 Å². The fourth-order valence-electron chi connectivity index (χ4n) is 5.24. The van der Waals surface area contributed by atoms with Crippen LogP contribution < -0.4 is 19.7 Å². The highest BCUT2D eigenvalue weighted by atomic mass is 16.5. The molecule has 3 rings (SSSR count). The Labute approximate surface area is 267 Å². The molecule has 1 aliphatic rings. The fraction of sp³-hybridized carbons (Fsp3) is 0.556. The zero-order valence-corrected chi connectivity index (χ0v) is 27.5. The number of benzene rings is 2. The Morgan fingerprint density at radius 3 is 1.89 bits per heavy atom. The van der Waals surface area contributed by atoms with E-state index >= 15 is 0 Å². The van der Waals surface area contributed by atoms with Crippen LogP contribution in [0.15, 0.2) is 42.5 Å². The Bertz CT molecular complexity index is 1270. The molecule has 1 heterocycles. The van der Waals surface area contributed by atoms with Crippen LogP contribution >= 0.6 is 0 Å². The van der Waals surface area contributed by atoms with Gasteiger partial charge < -0.3 is 19.9 Å². The molecule has 0 aliphatic carbocycles. The Kier molecular flexibility index (Phi) is 13.9. The van der Waals surface area contributed by atoms with Crippen LogP contribution in [0.3, 0.4) is 0 Å². The monoisotopic (exact) mass is 622 g/mol. The second kappa shape index (κ2) is 17.6. The predicted molar refractivity (Wildman–Crippen MR) is 176 cm³/mol. The van der Waals surface area contributed by atoms with Crippen molar-refractivity contribution in [1.82, 2.24) is 0 Å². The number of nitrogens with one attached hydrogen (secondary N) is 1.